The number of alkyl halides is 2. The van der Waals surface area contributed by atoms with Crippen LogP contribution < -0.4 is 10.9 Å². The van der Waals surface area contributed by atoms with Crippen LogP contribution in [0.1, 0.15) is 36.3 Å². The van der Waals surface area contributed by atoms with Gasteiger partial charge in [0, 0.05) is 12.6 Å². The van der Waals surface area contributed by atoms with Crippen molar-refractivity contribution >= 4 is 32.7 Å². The molecule has 142 valence electrons. The average molecular weight is 441 g/mol. The van der Waals surface area contributed by atoms with Crippen molar-refractivity contribution in [1.82, 2.24) is 14.5 Å². The molecule has 0 aliphatic carbocycles. The zero-order valence-corrected chi connectivity index (χ0v) is 16.3. The highest BCUT2D eigenvalue weighted by Gasteiger charge is 2.21. The summed E-state index contributed by atoms with van der Waals surface area (Å²) in [6.45, 7) is 3.27. The third kappa shape index (κ3) is 3.55. The lowest BCUT2D eigenvalue weighted by Crippen LogP contribution is -2.20. The largest absolute Gasteiger partial charge is 0.363 e. The van der Waals surface area contributed by atoms with Crippen molar-refractivity contribution in [2.45, 2.75) is 26.3 Å². The van der Waals surface area contributed by atoms with E-state index in [-0.39, 0.29) is 16.6 Å². The van der Waals surface area contributed by atoms with Crippen LogP contribution in [-0.2, 0) is 7.05 Å². The molecule has 2 heterocycles. The molecule has 3 aromatic rings. The van der Waals surface area contributed by atoms with Gasteiger partial charge in [0.2, 0.25) is 0 Å². The topological polar surface area (TPSA) is 59.8 Å². The maximum Gasteiger partial charge on any atom is 0.277 e. The third-order valence-electron chi connectivity index (χ3n) is 4.26. The Hall–Kier alpha value is -2.42. The first kappa shape index (κ1) is 19.3. The first-order chi connectivity index (χ1) is 12.7. The van der Waals surface area contributed by atoms with Gasteiger partial charge in [0.1, 0.15) is 23.0 Å². The van der Waals surface area contributed by atoms with E-state index in [9.17, 15) is 18.0 Å². The smallest absolute Gasteiger partial charge is 0.277 e. The Balaban J connectivity index is 2.10. The Labute approximate surface area is 161 Å². The molecule has 0 amide bonds. The lowest BCUT2D eigenvalue weighted by atomic mass is 10.0. The lowest BCUT2D eigenvalue weighted by molar-refractivity contribution is 0.146. The van der Waals surface area contributed by atoms with Gasteiger partial charge in [0.15, 0.2) is 0 Å². The number of halogens is 4. The van der Waals surface area contributed by atoms with Gasteiger partial charge in [-0.2, -0.15) is 0 Å². The minimum atomic E-state index is -2.90. The Kier molecular flexibility index (Phi) is 5.23. The predicted octanol–water partition coefficient (Wildman–Crippen LogP) is 4.65. The Bertz CT molecular complexity index is 1080. The number of aryl methyl sites for hydroxylation is 1. The second kappa shape index (κ2) is 7.30. The quantitative estimate of drug-likeness (QED) is 0.599. The van der Waals surface area contributed by atoms with E-state index in [4.69, 9.17) is 0 Å². The van der Waals surface area contributed by atoms with Crippen LogP contribution in [0, 0.1) is 12.7 Å². The summed E-state index contributed by atoms with van der Waals surface area (Å²) in [5, 5.41) is 3.47. The van der Waals surface area contributed by atoms with Gasteiger partial charge < -0.3 is 9.88 Å². The van der Waals surface area contributed by atoms with Gasteiger partial charge in [-0.1, -0.05) is 18.2 Å². The fourth-order valence-electron chi connectivity index (χ4n) is 2.82. The van der Waals surface area contributed by atoms with E-state index in [2.05, 4.69) is 31.2 Å². The van der Waals surface area contributed by atoms with Gasteiger partial charge in [-0.15, -0.1) is 0 Å². The number of fused-ring (bicyclic) bond motifs is 1. The van der Waals surface area contributed by atoms with Crippen molar-refractivity contribution in [3.8, 4) is 0 Å². The monoisotopic (exact) mass is 440 g/mol. The first-order valence-corrected chi connectivity index (χ1v) is 8.87. The molecule has 9 heteroatoms. The second-order valence-corrected chi connectivity index (χ2v) is 6.94. The predicted molar refractivity (Wildman–Crippen MR) is 101 cm³/mol. The molecule has 0 radical (unpaired) electrons. The van der Waals surface area contributed by atoms with Gasteiger partial charge >= 0.3 is 0 Å². The molecular formula is C18H16BrF3N4O. The van der Waals surface area contributed by atoms with E-state index in [1.807, 2.05) is 0 Å². The zero-order valence-electron chi connectivity index (χ0n) is 14.7. The molecule has 3 rings (SSSR count). The maximum absolute atomic E-state index is 14.4. The van der Waals surface area contributed by atoms with E-state index >= 15 is 0 Å². The zero-order chi connectivity index (χ0) is 19.9. The Morgan fingerprint density at radius 3 is 2.56 bits per heavy atom. The fraction of sp³-hybridized carbons (Fsp3) is 0.278. The van der Waals surface area contributed by atoms with Crippen molar-refractivity contribution in [1.29, 1.82) is 0 Å². The SMILES string of the molecule is Cc1nc(NC(C)c2cccc(C(F)F)c2F)c2cc(Br)n(C)c(=O)c2n1. The molecule has 0 saturated heterocycles. The van der Waals surface area contributed by atoms with Gasteiger partial charge in [-0.25, -0.2) is 23.1 Å². The summed E-state index contributed by atoms with van der Waals surface area (Å²) in [7, 11) is 1.60. The van der Waals surface area contributed by atoms with Crippen LogP contribution in [0.25, 0.3) is 10.9 Å². The summed E-state index contributed by atoms with van der Waals surface area (Å²) in [4.78, 5) is 21.0. The summed E-state index contributed by atoms with van der Waals surface area (Å²) >= 11 is 3.30. The molecule has 1 unspecified atom stereocenters. The summed E-state index contributed by atoms with van der Waals surface area (Å²) in [5.41, 5.74) is -0.669. The van der Waals surface area contributed by atoms with E-state index in [0.717, 1.165) is 6.07 Å². The van der Waals surface area contributed by atoms with Crippen LogP contribution in [0.15, 0.2) is 33.7 Å². The molecule has 0 bridgehead atoms. The molecular weight excluding hydrogens is 425 g/mol. The van der Waals surface area contributed by atoms with Crippen LogP contribution in [0.2, 0.25) is 0 Å². The molecule has 1 aromatic carbocycles. The van der Waals surface area contributed by atoms with Crippen LogP contribution in [0.4, 0.5) is 19.0 Å². The highest BCUT2D eigenvalue weighted by atomic mass is 79.9. The van der Waals surface area contributed by atoms with E-state index < -0.39 is 23.8 Å². The number of nitrogens with one attached hydrogen (secondary N) is 1. The summed E-state index contributed by atoms with van der Waals surface area (Å²) in [6, 6.07) is 4.89. The molecule has 0 saturated carbocycles. The molecule has 0 fully saturated rings. The number of rotatable bonds is 4. The molecule has 0 aliphatic heterocycles. The summed E-state index contributed by atoms with van der Waals surface area (Å²) in [5.74, 6) is -0.275. The van der Waals surface area contributed by atoms with Crippen LogP contribution in [0.3, 0.4) is 0 Å². The van der Waals surface area contributed by atoms with E-state index in [1.54, 1.807) is 27.0 Å². The average Bonchev–Trinajstić information content (AvgIpc) is 2.60. The number of benzene rings is 1. The molecule has 0 aliphatic rings. The van der Waals surface area contributed by atoms with Crippen molar-refractivity contribution in [3.05, 3.63) is 62.0 Å². The first-order valence-electron chi connectivity index (χ1n) is 8.07. The molecule has 5 nitrogen and oxygen atoms in total. The second-order valence-electron chi connectivity index (χ2n) is 6.13. The van der Waals surface area contributed by atoms with Crippen molar-refractivity contribution in [2.75, 3.05) is 5.32 Å². The number of aromatic nitrogens is 3. The minimum absolute atomic E-state index is 0.0834. The highest BCUT2D eigenvalue weighted by molar-refractivity contribution is 9.10. The molecule has 1 atom stereocenters. The molecule has 0 spiro atoms. The van der Waals surface area contributed by atoms with Crippen molar-refractivity contribution in [3.63, 3.8) is 0 Å². The van der Waals surface area contributed by atoms with E-state index in [0.29, 0.717) is 21.6 Å². The van der Waals surface area contributed by atoms with Gasteiger partial charge in [-0.05, 0) is 35.8 Å². The van der Waals surface area contributed by atoms with E-state index in [1.165, 1.54) is 16.7 Å². The maximum atomic E-state index is 14.4. The third-order valence-corrected chi connectivity index (χ3v) is 5.02. The standard InChI is InChI=1S/C18H16BrF3N4O/c1-8(10-5-4-6-11(14(10)20)16(21)22)23-17-12-7-13(19)26(3)18(27)15(12)24-9(2)25-17/h4-8,16H,1-3H3,(H,23,24,25). The number of nitrogens with zero attached hydrogens (tertiary/aromatic N) is 3. The molecule has 27 heavy (non-hydrogen) atoms. The number of pyridine rings is 1. The minimum Gasteiger partial charge on any atom is -0.363 e. The number of hydrogen-bond acceptors (Lipinski definition) is 4. The summed E-state index contributed by atoms with van der Waals surface area (Å²) < 4.78 is 42.3. The lowest BCUT2D eigenvalue weighted by Gasteiger charge is -2.19. The van der Waals surface area contributed by atoms with Gasteiger partial charge in [0.25, 0.3) is 12.0 Å². The Morgan fingerprint density at radius 2 is 1.89 bits per heavy atom. The number of hydrogen-bond donors (Lipinski definition) is 1. The van der Waals surface area contributed by atoms with Crippen molar-refractivity contribution < 1.29 is 13.2 Å². The van der Waals surface area contributed by atoms with Gasteiger partial charge in [0.05, 0.1) is 21.6 Å². The number of anilines is 1. The Morgan fingerprint density at radius 1 is 1.22 bits per heavy atom. The fourth-order valence-corrected chi connectivity index (χ4v) is 3.21. The van der Waals surface area contributed by atoms with Crippen molar-refractivity contribution in [2.24, 2.45) is 7.05 Å². The summed E-state index contributed by atoms with van der Waals surface area (Å²) in [6.07, 6.45) is -2.90. The van der Waals surface area contributed by atoms with Crippen LogP contribution in [-0.4, -0.2) is 14.5 Å². The van der Waals surface area contributed by atoms with Crippen LogP contribution in [0.5, 0.6) is 0 Å². The highest BCUT2D eigenvalue weighted by Crippen LogP contribution is 2.30. The van der Waals surface area contributed by atoms with Crippen LogP contribution >= 0.6 is 15.9 Å². The molecule has 1 N–H and O–H groups in total. The van der Waals surface area contributed by atoms with Gasteiger partial charge in [-0.3, -0.25) is 4.79 Å². The normalized spacial score (nSPS) is 12.6. The molecule has 2 aromatic heterocycles.